The minimum atomic E-state index is -0.611. The molecule has 0 aromatic heterocycles. The number of likely N-dealkylation sites (N-methyl/N-ethyl adjacent to an activating group) is 1. The van der Waals surface area contributed by atoms with E-state index in [-0.39, 0.29) is 18.4 Å². The van der Waals surface area contributed by atoms with Gasteiger partial charge in [-0.05, 0) is 68.1 Å². The number of carbonyl (C=O) groups is 2. The van der Waals surface area contributed by atoms with Gasteiger partial charge < -0.3 is 15.0 Å². The molecule has 0 spiro atoms. The second-order valence-electron chi connectivity index (χ2n) is 6.94. The number of halogens is 1. The van der Waals surface area contributed by atoms with E-state index in [0.29, 0.717) is 12.3 Å². The molecular formula is C22H27BrN2O3. The minimum absolute atomic E-state index is 0.126. The lowest BCUT2D eigenvalue weighted by molar-refractivity contribution is -0.142. The van der Waals surface area contributed by atoms with Gasteiger partial charge in [0.1, 0.15) is 11.8 Å². The van der Waals surface area contributed by atoms with Crippen molar-refractivity contribution in [3.05, 3.63) is 63.1 Å². The molecule has 0 unspecified atom stereocenters. The molecule has 0 bridgehead atoms. The average molecular weight is 447 g/mol. The van der Waals surface area contributed by atoms with E-state index in [4.69, 9.17) is 4.74 Å². The van der Waals surface area contributed by atoms with E-state index >= 15 is 0 Å². The molecule has 2 amide bonds. The fraction of sp³-hybridized carbons (Fsp3) is 0.364. The molecule has 1 N–H and O–H groups in total. The van der Waals surface area contributed by atoms with Crippen LogP contribution in [0.1, 0.15) is 29.2 Å². The van der Waals surface area contributed by atoms with Gasteiger partial charge in [0.2, 0.25) is 5.91 Å². The van der Waals surface area contributed by atoms with Crippen molar-refractivity contribution in [2.24, 2.45) is 0 Å². The molecule has 5 nitrogen and oxygen atoms in total. The summed E-state index contributed by atoms with van der Waals surface area (Å²) in [5, 5.41) is 2.61. The monoisotopic (exact) mass is 446 g/mol. The predicted octanol–water partition coefficient (Wildman–Crippen LogP) is 3.92. The highest BCUT2D eigenvalue weighted by Crippen LogP contribution is 2.23. The molecule has 0 aliphatic carbocycles. The van der Waals surface area contributed by atoms with Crippen LogP contribution in [0.5, 0.6) is 5.75 Å². The van der Waals surface area contributed by atoms with Gasteiger partial charge in [-0.25, -0.2) is 0 Å². The largest absolute Gasteiger partial charge is 0.483 e. The van der Waals surface area contributed by atoms with Gasteiger partial charge in [-0.1, -0.05) is 34.1 Å². The summed E-state index contributed by atoms with van der Waals surface area (Å²) in [6, 6.07) is 11.1. The molecule has 0 aliphatic rings. The van der Waals surface area contributed by atoms with E-state index in [1.807, 2.05) is 51.1 Å². The fourth-order valence-corrected chi connectivity index (χ4v) is 3.44. The quantitative estimate of drug-likeness (QED) is 0.700. The van der Waals surface area contributed by atoms with Crippen molar-refractivity contribution in [2.45, 2.75) is 40.3 Å². The molecule has 0 aliphatic heterocycles. The summed E-state index contributed by atoms with van der Waals surface area (Å²) >= 11 is 3.44. The minimum Gasteiger partial charge on any atom is -0.483 e. The van der Waals surface area contributed by atoms with Crippen LogP contribution in [0.4, 0.5) is 0 Å². The van der Waals surface area contributed by atoms with Crippen molar-refractivity contribution >= 4 is 27.7 Å². The molecule has 0 saturated carbocycles. The van der Waals surface area contributed by atoms with Crippen LogP contribution < -0.4 is 10.1 Å². The van der Waals surface area contributed by atoms with Crippen molar-refractivity contribution in [1.82, 2.24) is 10.2 Å². The smallest absolute Gasteiger partial charge is 0.261 e. The van der Waals surface area contributed by atoms with E-state index in [9.17, 15) is 9.59 Å². The maximum absolute atomic E-state index is 13.0. The van der Waals surface area contributed by atoms with Crippen LogP contribution in [0.25, 0.3) is 0 Å². The van der Waals surface area contributed by atoms with Crippen molar-refractivity contribution in [1.29, 1.82) is 0 Å². The molecule has 0 radical (unpaired) electrons. The van der Waals surface area contributed by atoms with Gasteiger partial charge in [-0.3, -0.25) is 9.59 Å². The Bertz CT molecular complexity index is 867. The van der Waals surface area contributed by atoms with Gasteiger partial charge in [-0.15, -0.1) is 0 Å². The van der Waals surface area contributed by atoms with Gasteiger partial charge in [0.05, 0.1) is 0 Å². The summed E-state index contributed by atoms with van der Waals surface area (Å²) in [6.45, 7) is 7.90. The second kappa shape index (κ2) is 9.73. The Hall–Kier alpha value is -2.34. The zero-order valence-electron chi connectivity index (χ0n) is 17.0. The van der Waals surface area contributed by atoms with Crippen LogP contribution in [0.15, 0.2) is 40.9 Å². The predicted molar refractivity (Wildman–Crippen MR) is 114 cm³/mol. The van der Waals surface area contributed by atoms with E-state index < -0.39 is 6.04 Å². The van der Waals surface area contributed by atoms with Crippen LogP contribution in [-0.2, 0) is 16.1 Å². The van der Waals surface area contributed by atoms with Crippen molar-refractivity contribution in [2.75, 3.05) is 13.7 Å². The molecule has 2 rings (SSSR count). The molecule has 28 heavy (non-hydrogen) atoms. The number of benzene rings is 2. The van der Waals surface area contributed by atoms with E-state index in [1.54, 1.807) is 18.9 Å². The summed E-state index contributed by atoms with van der Waals surface area (Å²) < 4.78 is 6.76. The molecule has 1 atom stereocenters. The summed E-state index contributed by atoms with van der Waals surface area (Å²) in [7, 11) is 1.57. The number of hydrogen-bond donors (Lipinski definition) is 1. The third-order valence-electron chi connectivity index (χ3n) is 4.77. The fourth-order valence-electron chi connectivity index (χ4n) is 3.00. The number of nitrogens with one attached hydrogen (secondary N) is 1. The van der Waals surface area contributed by atoms with Gasteiger partial charge in [-0.2, -0.15) is 0 Å². The van der Waals surface area contributed by atoms with Crippen molar-refractivity contribution in [3.63, 3.8) is 0 Å². The Morgan fingerprint density at radius 2 is 1.89 bits per heavy atom. The van der Waals surface area contributed by atoms with Crippen LogP contribution in [0.2, 0.25) is 0 Å². The summed E-state index contributed by atoms with van der Waals surface area (Å²) in [4.78, 5) is 26.7. The lowest BCUT2D eigenvalue weighted by Gasteiger charge is -2.28. The lowest BCUT2D eigenvalue weighted by Crippen LogP contribution is -2.48. The first kappa shape index (κ1) is 22.0. The summed E-state index contributed by atoms with van der Waals surface area (Å²) in [6.07, 6.45) is 0. The highest BCUT2D eigenvalue weighted by molar-refractivity contribution is 9.10. The molecule has 6 heteroatoms. The molecule has 2 aromatic carbocycles. The summed E-state index contributed by atoms with van der Waals surface area (Å²) in [5.74, 6) is 0.237. The molecule has 2 aromatic rings. The zero-order chi connectivity index (χ0) is 20.8. The first-order chi connectivity index (χ1) is 13.2. The SMILES string of the molecule is CNC(=O)[C@@H](C)N(Cc1cccc(Br)c1)C(=O)COc1cc(C)cc(C)c1C. The number of rotatable bonds is 7. The van der Waals surface area contributed by atoms with Gasteiger partial charge in [0.25, 0.3) is 5.91 Å². The normalized spacial score (nSPS) is 11.6. The van der Waals surface area contributed by atoms with E-state index in [0.717, 1.165) is 26.7 Å². The Morgan fingerprint density at radius 3 is 2.54 bits per heavy atom. The number of amides is 2. The van der Waals surface area contributed by atoms with Crippen LogP contribution in [0, 0.1) is 20.8 Å². The number of ether oxygens (including phenoxy) is 1. The van der Waals surface area contributed by atoms with Gasteiger partial charge >= 0.3 is 0 Å². The highest BCUT2D eigenvalue weighted by Gasteiger charge is 2.26. The topological polar surface area (TPSA) is 58.6 Å². The second-order valence-corrected chi connectivity index (χ2v) is 7.85. The van der Waals surface area contributed by atoms with Crippen LogP contribution in [-0.4, -0.2) is 36.4 Å². The number of nitrogens with zero attached hydrogens (tertiary/aromatic N) is 1. The number of aryl methyl sites for hydroxylation is 2. The van der Waals surface area contributed by atoms with Gasteiger partial charge in [0.15, 0.2) is 6.61 Å². The Kier molecular flexibility index (Phi) is 7.63. The van der Waals surface area contributed by atoms with Crippen LogP contribution >= 0.6 is 15.9 Å². The Morgan fingerprint density at radius 1 is 1.18 bits per heavy atom. The number of hydrogen-bond acceptors (Lipinski definition) is 3. The van der Waals surface area contributed by atoms with Crippen LogP contribution in [0.3, 0.4) is 0 Å². The van der Waals surface area contributed by atoms with E-state index in [2.05, 4.69) is 27.3 Å². The first-order valence-electron chi connectivity index (χ1n) is 9.19. The molecule has 0 saturated heterocycles. The van der Waals surface area contributed by atoms with E-state index in [1.165, 1.54) is 0 Å². The molecule has 0 fully saturated rings. The zero-order valence-corrected chi connectivity index (χ0v) is 18.6. The van der Waals surface area contributed by atoms with Crippen molar-refractivity contribution < 1.29 is 14.3 Å². The third-order valence-corrected chi connectivity index (χ3v) is 5.26. The Labute approximate surface area is 175 Å². The average Bonchev–Trinajstić information content (AvgIpc) is 2.66. The summed E-state index contributed by atoms with van der Waals surface area (Å²) in [5.41, 5.74) is 4.14. The number of carbonyl (C=O) groups excluding carboxylic acids is 2. The standard InChI is InChI=1S/C22H27BrN2O3/c1-14-9-15(2)16(3)20(10-14)28-13-21(26)25(17(4)22(27)24-5)12-18-7-6-8-19(23)11-18/h6-11,17H,12-13H2,1-5H3,(H,24,27)/t17-/m1/s1. The molecule has 0 heterocycles. The Balaban J connectivity index is 2.20. The highest BCUT2D eigenvalue weighted by atomic mass is 79.9. The first-order valence-corrected chi connectivity index (χ1v) is 9.98. The lowest BCUT2D eigenvalue weighted by atomic mass is 10.1. The maximum atomic E-state index is 13.0. The molecule has 150 valence electrons. The van der Waals surface area contributed by atoms with Gasteiger partial charge in [0, 0.05) is 18.1 Å². The molecular weight excluding hydrogens is 420 g/mol. The van der Waals surface area contributed by atoms with Crippen molar-refractivity contribution in [3.8, 4) is 5.75 Å². The maximum Gasteiger partial charge on any atom is 0.261 e. The third kappa shape index (κ3) is 5.58.